The summed E-state index contributed by atoms with van der Waals surface area (Å²) >= 11 is 1.36. The lowest BCUT2D eigenvalue weighted by molar-refractivity contribution is -0.137. The molecule has 0 spiro atoms. The fourth-order valence-electron chi connectivity index (χ4n) is 3.35. The van der Waals surface area contributed by atoms with Crippen molar-refractivity contribution >= 4 is 28.4 Å². The van der Waals surface area contributed by atoms with Gasteiger partial charge in [-0.25, -0.2) is 9.97 Å². The average Bonchev–Trinajstić information content (AvgIpc) is 3.04. The number of halogens is 3. The average molecular weight is 432 g/mol. The molecule has 0 aliphatic rings. The highest BCUT2D eigenvalue weighted by atomic mass is 32.2. The summed E-state index contributed by atoms with van der Waals surface area (Å²) in [7, 11) is 0. The van der Waals surface area contributed by atoms with Gasteiger partial charge in [0.25, 0.3) is 5.56 Å². The Morgan fingerprint density at radius 3 is 2.67 bits per heavy atom. The number of pyridine rings is 1. The van der Waals surface area contributed by atoms with Crippen LogP contribution in [0.5, 0.6) is 0 Å². The number of aryl methyl sites for hydroxylation is 2. The molecular formula is C21H19F3N4OS. The smallest absolute Gasteiger partial charge is 0.319 e. The van der Waals surface area contributed by atoms with Gasteiger partial charge in [-0.15, -0.1) is 0 Å². The molecule has 30 heavy (non-hydrogen) atoms. The number of aromatic nitrogens is 4. The molecule has 3 heterocycles. The predicted molar refractivity (Wildman–Crippen MR) is 111 cm³/mol. The van der Waals surface area contributed by atoms with E-state index in [1.165, 1.54) is 28.3 Å². The predicted octanol–water partition coefficient (Wildman–Crippen LogP) is 5.07. The molecule has 1 aromatic carbocycles. The lowest BCUT2D eigenvalue weighted by atomic mass is 10.2. The van der Waals surface area contributed by atoms with Gasteiger partial charge in [-0.3, -0.25) is 9.20 Å². The van der Waals surface area contributed by atoms with Gasteiger partial charge in [0, 0.05) is 24.6 Å². The number of fused-ring (bicyclic) bond motifs is 2. The van der Waals surface area contributed by atoms with Gasteiger partial charge < -0.3 is 4.57 Å². The maximum absolute atomic E-state index is 13.1. The third-order valence-electron chi connectivity index (χ3n) is 4.78. The first-order valence-corrected chi connectivity index (χ1v) is 10.4. The first-order valence-electron chi connectivity index (χ1n) is 9.46. The van der Waals surface area contributed by atoms with Crippen molar-refractivity contribution in [1.29, 1.82) is 0 Å². The van der Waals surface area contributed by atoms with Crippen LogP contribution in [0.3, 0.4) is 0 Å². The highest BCUT2D eigenvalue weighted by Gasteiger charge is 2.31. The largest absolute Gasteiger partial charge is 0.416 e. The Morgan fingerprint density at radius 2 is 1.93 bits per heavy atom. The first-order chi connectivity index (χ1) is 14.3. The summed E-state index contributed by atoms with van der Waals surface area (Å²) < 4.78 is 42.7. The van der Waals surface area contributed by atoms with Crippen LogP contribution in [0, 0.1) is 6.92 Å². The van der Waals surface area contributed by atoms with Crippen molar-refractivity contribution in [3.63, 3.8) is 0 Å². The number of imidazole rings is 1. The van der Waals surface area contributed by atoms with Crippen molar-refractivity contribution in [3.8, 4) is 0 Å². The second-order valence-corrected chi connectivity index (χ2v) is 7.95. The monoisotopic (exact) mass is 432 g/mol. The topological polar surface area (TPSA) is 52.2 Å². The summed E-state index contributed by atoms with van der Waals surface area (Å²) in [6, 6.07) is 8.76. The number of hydrogen-bond acceptors (Lipinski definition) is 4. The summed E-state index contributed by atoms with van der Waals surface area (Å²) in [5, 5.41) is 0.609. The Labute approximate surface area is 174 Å². The number of hydrogen-bond donors (Lipinski definition) is 0. The zero-order chi connectivity index (χ0) is 21.5. The van der Waals surface area contributed by atoms with Gasteiger partial charge >= 0.3 is 6.18 Å². The van der Waals surface area contributed by atoms with E-state index < -0.39 is 11.7 Å². The van der Waals surface area contributed by atoms with Gasteiger partial charge in [0.15, 0.2) is 5.16 Å². The van der Waals surface area contributed by atoms with E-state index in [0.29, 0.717) is 39.8 Å². The van der Waals surface area contributed by atoms with Crippen molar-refractivity contribution in [2.45, 2.75) is 43.9 Å². The maximum Gasteiger partial charge on any atom is 0.416 e. The van der Waals surface area contributed by atoms with Crippen LogP contribution < -0.4 is 5.56 Å². The third-order valence-corrected chi connectivity index (χ3v) is 5.79. The zero-order valence-electron chi connectivity index (χ0n) is 16.4. The second-order valence-electron chi connectivity index (χ2n) is 7.01. The van der Waals surface area contributed by atoms with Gasteiger partial charge in [-0.1, -0.05) is 24.8 Å². The summed E-state index contributed by atoms with van der Waals surface area (Å²) in [6.07, 6.45) is -1.98. The number of rotatable bonds is 5. The van der Waals surface area contributed by atoms with Gasteiger partial charge in [0.1, 0.15) is 5.65 Å². The SMILES string of the molecule is CCCn1c(SCc2cc(=O)n3cccc(C)c3n2)nc2ccc(C(F)(F)F)cc21. The van der Waals surface area contributed by atoms with E-state index in [4.69, 9.17) is 0 Å². The van der Waals surface area contributed by atoms with Crippen LogP contribution in [-0.2, 0) is 18.5 Å². The first kappa shape index (κ1) is 20.5. The Bertz CT molecular complexity index is 1290. The van der Waals surface area contributed by atoms with E-state index >= 15 is 0 Å². The van der Waals surface area contributed by atoms with E-state index in [1.807, 2.05) is 19.9 Å². The highest BCUT2D eigenvalue weighted by molar-refractivity contribution is 7.98. The molecular weight excluding hydrogens is 413 g/mol. The van der Waals surface area contributed by atoms with Crippen LogP contribution in [0.25, 0.3) is 16.7 Å². The van der Waals surface area contributed by atoms with E-state index in [-0.39, 0.29) is 5.56 Å². The number of nitrogens with zero attached hydrogens (tertiary/aromatic N) is 4. The number of alkyl halides is 3. The molecule has 3 aromatic heterocycles. The highest BCUT2D eigenvalue weighted by Crippen LogP contribution is 2.33. The molecule has 0 N–H and O–H groups in total. The Morgan fingerprint density at radius 1 is 1.13 bits per heavy atom. The van der Waals surface area contributed by atoms with E-state index in [0.717, 1.165) is 24.1 Å². The summed E-state index contributed by atoms with van der Waals surface area (Å²) in [6.45, 7) is 4.40. The van der Waals surface area contributed by atoms with Crippen molar-refractivity contribution in [2.24, 2.45) is 0 Å². The van der Waals surface area contributed by atoms with Crippen LogP contribution in [0.1, 0.15) is 30.2 Å². The van der Waals surface area contributed by atoms with E-state index in [9.17, 15) is 18.0 Å². The van der Waals surface area contributed by atoms with Crippen molar-refractivity contribution in [2.75, 3.05) is 0 Å². The van der Waals surface area contributed by atoms with E-state index in [1.54, 1.807) is 16.8 Å². The molecule has 0 aliphatic carbocycles. The van der Waals surface area contributed by atoms with Gasteiger partial charge in [0.2, 0.25) is 0 Å². The fourth-order valence-corrected chi connectivity index (χ4v) is 4.28. The number of thioether (sulfide) groups is 1. The van der Waals surface area contributed by atoms with Crippen LogP contribution in [0.2, 0.25) is 0 Å². The molecule has 0 unspecified atom stereocenters. The molecule has 0 saturated heterocycles. The van der Waals surface area contributed by atoms with Gasteiger partial charge in [0.05, 0.1) is 22.3 Å². The second kappa shape index (κ2) is 7.79. The maximum atomic E-state index is 13.1. The lowest BCUT2D eigenvalue weighted by Gasteiger charge is -2.10. The van der Waals surface area contributed by atoms with Crippen molar-refractivity contribution < 1.29 is 13.2 Å². The molecule has 0 bridgehead atoms. The van der Waals surface area contributed by atoms with Crippen LogP contribution in [0.15, 0.2) is 52.5 Å². The minimum atomic E-state index is -4.40. The van der Waals surface area contributed by atoms with Crippen LogP contribution >= 0.6 is 11.8 Å². The third kappa shape index (κ3) is 3.81. The standard InChI is InChI=1S/C21H19F3N4OS/c1-3-8-27-17-10-14(21(22,23)24)6-7-16(17)26-20(27)30-12-15-11-18(29)28-9-4-5-13(2)19(28)25-15/h4-7,9-11H,3,8,12H2,1-2H3. The zero-order valence-corrected chi connectivity index (χ0v) is 17.2. The van der Waals surface area contributed by atoms with Crippen LogP contribution in [0.4, 0.5) is 13.2 Å². The molecule has 4 rings (SSSR count). The molecule has 0 aliphatic heterocycles. The molecule has 5 nitrogen and oxygen atoms in total. The molecule has 0 atom stereocenters. The van der Waals surface area contributed by atoms with Crippen molar-refractivity contribution in [1.82, 2.24) is 18.9 Å². The molecule has 0 fully saturated rings. The Kier molecular flexibility index (Phi) is 5.31. The lowest BCUT2D eigenvalue weighted by Crippen LogP contribution is -2.15. The summed E-state index contributed by atoms with van der Waals surface area (Å²) in [4.78, 5) is 21.5. The summed E-state index contributed by atoms with van der Waals surface area (Å²) in [5.74, 6) is 0.388. The fraction of sp³-hybridized carbons (Fsp3) is 0.286. The summed E-state index contributed by atoms with van der Waals surface area (Å²) in [5.41, 5.74) is 2.19. The minimum Gasteiger partial charge on any atom is -0.319 e. The normalized spacial score (nSPS) is 12.2. The van der Waals surface area contributed by atoms with Gasteiger partial charge in [-0.05, 0) is 43.2 Å². The molecule has 9 heteroatoms. The van der Waals surface area contributed by atoms with Gasteiger partial charge in [-0.2, -0.15) is 13.2 Å². The van der Waals surface area contributed by atoms with E-state index in [2.05, 4.69) is 9.97 Å². The Balaban J connectivity index is 1.70. The Hall–Kier alpha value is -2.81. The quantitative estimate of drug-likeness (QED) is 0.413. The van der Waals surface area contributed by atoms with Crippen molar-refractivity contribution in [3.05, 3.63) is 69.8 Å². The number of benzene rings is 1. The molecule has 156 valence electrons. The molecule has 0 saturated carbocycles. The van der Waals surface area contributed by atoms with Crippen LogP contribution in [-0.4, -0.2) is 18.9 Å². The molecule has 0 radical (unpaired) electrons. The minimum absolute atomic E-state index is 0.170. The molecule has 4 aromatic rings. The molecule has 0 amide bonds.